The molecule has 0 fully saturated rings. The predicted octanol–water partition coefficient (Wildman–Crippen LogP) is 2.68. The molecule has 1 aromatic carbocycles. The number of amides is 1. The van der Waals surface area contributed by atoms with Gasteiger partial charge in [0.05, 0.1) is 11.0 Å². The number of H-pyrrole nitrogens is 1. The molecular weight excluding hydrogens is 338 g/mol. The second-order valence-corrected chi connectivity index (χ2v) is 5.77. The highest BCUT2D eigenvalue weighted by Crippen LogP contribution is 2.28. The Morgan fingerprint density at radius 2 is 2.08 bits per heavy atom. The lowest BCUT2D eigenvalue weighted by atomic mass is 10.3. The summed E-state index contributed by atoms with van der Waals surface area (Å²) in [5.41, 5.74) is 0.738. The minimum absolute atomic E-state index is 0.0447. The predicted molar refractivity (Wildman–Crippen MR) is 87.3 cm³/mol. The van der Waals surface area contributed by atoms with Crippen molar-refractivity contribution in [1.29, 1.82) is 0 Å². The molecule has 0 saturated heterocycles. The maximum absolute atomic E-state index is 12.7. The molecule has 0 aliphatic carbocycles. The van der Waals surface area contributed by atoms with Crippen LogP contribution in [-0.4, -0.2) is 26.2 Å². The van der Waals surface area contributed by atoms with E-state index in [1.165, 1.54) is 16.8 Å². The van der Waals surface area contributed by atoms with Crippen molar-refractivity contribution in [3.63, 3.8) is 0 Å². The first-order chi connectivity index (χ1) is 11.5. The van der Waals surface area contributed by atoms with Crippen LogP contribution in [0.1, 0.15) is 0 Å². The number of anilines is 1. The maximum atomic E-state index is 12.7. The fourth-order valence-electron chi connectivity index (χ4n) is 2.23. The number of imidazole rings is 1. The highest BCUT2D eigenvalue weighted by molar-refractivity contribution is 7.99. The number of alkyl halides is 2. The maximum Gasteiger partial charge on any atom is 0.291 e. The van der Waals surface area contributed by atoms with E-state index in [0.717, 1.165) is 0 Å². The molecule has 124 valence electrons. The standard InChI is InChI=1S/C15H12F2N4O2S/c16-14(17)24-15-20-9-4-1-2-6-11(9)21(15)8-12(22)19-10-5-3-7-18-13(10)23/h1-7,14H,8H2,(H,18,23)(H,19,22). The zero-order chi connectivity index (χ0) is 17.1. The summed E-state index contributed by atoms with van der Waals surface area (Å²) in [7, 11) is 0. The number of carbonyl (C=O) groups is 1. The normalized spacial score (nSPS) is 11.1. The van der Waals surface area contributed by atoms with Gasteiger partial charge in [-0.05, 0) is 36.0 Å². The molecule has 0 atom stereocenters. The molecule has 3 aromatic rings. The number of nitrogens with one attached hydrogen (secondary N) is 2. The quantitative estimate of drug-likeness (QED) is 0.694. The van der Waals surface area contributed by atoms with E-state index in [-0.39, 0.29) is 29.2 Å². The molecule has 2 N–H and O–H groups in total. The number of hydrogen-bond donors (Lipinski definition) is 2. The fraction of sp³-hybridized carbons (Fsp3) is 0.133. The number of fused-ring (bicyclic) bond motifs is 1. The van der Waals surface area contributed by atoms with E-state index in [4.69, 9.17) is 0 Å². The Morgan fingerprint density at radius 3 is 2.83 bits per heavy atom. The molecule has 24 heavy (non-hydrogen) atoms. The van der Waals surface area contributed by atoms with Gasteiger partial charge in [-0.1, -0.05) is 12.1 Å². The van der Waals surface area contributed by atoms with Gasteiger partial charge in [0, 0.05) is 6.20 Å². The molecule has 6 nitrogen and oxygen atoms in total. The number of benzene rings is 1. The summed E-state index contributed by atoms with van der Waals surface area (Å²) in [4.78, 5) is 30.4. The minimum Gasteiger partial charge on any atom is -0.327 e. The highest BCUT2D eigenvalue weighted by Gasteiger charge is 2.18. The molecule has 2 aromatic heterocycles. The molecule has 0 unspecified atom stereocenters. The summed E-state index contributed by atoms with van der Waals surface area (Å²) >= 11 is 0.273. The van der Waals surface area contributed by atoms with Gasteiger partial charge in [0.15, 0.2) is 5.16 Å². The van der Waals surface area contributed by atoms with Crippen LogP contribution >= 0.6 is 11.8 Å². The number of rotatable bonds is 5. The largest absolute Gasteiger partial charge is 0.327 e. The van der Waals surface area contributed by atoms with Crippen molar-refractivity contribution >= 4 is 34.4 Å². The lowest BCUT2D eigenvalue weighted by Gasteiger charge is -2.09. The van der Waals surface area contributed by atoms with Gasteiger partial charge < -0.3 is 14.9 Å². The number of pyridine rings is 1. The molecule has 2 heterocycles. The number of thioether (sulfide) groups is 1. The Labute approximate surface area is 138 Å². The van der Waals surface area contributed by atoms with Crippen molar-refractivity contribution in [2.45, 2.75) is 17.5 Å². The third-order valence-electron chi connectivity index (χ3n) is 3.21. The van der Waals surface area contributed by atoms with Crippen LogP contribution in [0, 0.1) is 0 Å². The number of halogens is 2. The van der Waals surface area contributed by atoms with Gasteiger partial charge in [0.1, 0.15) is 12.2 Å². The Bertz CT molecular complexity index is 938. The Kier molecular flexibility index (Phi) is 4.61. The first-order valence-corrected chi connectivity index (χ1v) is 7.80. The van der Waals surface area contributed by atoms with Crippen LogP contribution in [0.2, 0.25) is 0 Å². The monoisotopic (exact) mass is 350 g/mol. The second-order valence-electron chi connectivity index (χ2n) is 4.81. The van der Waals surface area contributed by atoms with Crippen LogP contribution in [0.4, 0.5) is 14.5 Å². The van der Waals surface area contributed by atoms with E-state index in [1.807, 2.05) is 0 Å². The summed E-state index contributed by atoms with van der Waals surface area (Å²) in [6.07, 6.45) is 1.44. The Morgan fingerprint density at radius 1 is 1.29 bits per heavy atom. The SMILES string of the molecule is O=C(Cn1c(SC(F)F)nc2ccccc21)Nc1ccc[nH]c1=O. The average molecular weight is 350 g/mol. The van der Waals surface area contributed by atoms with E-state index in [2.05, 4.69) is 15.3 Å². The average Bonchev–Trinajstić information content (AvgIpc) is 2.86. The van der Waals surface area contributed by atoms with Gasteiger partial charge in [-0.2, -0.15) is 8.78 Å². The van der Waals surface area contributed by atoms with Crippen LogP contribution in [0.3, 0.4) is 0 Å². The third-order valence-corrected chi connectivity index (χ3v) is 3.91. The molecule has 0 aliphatic rings. The number of aromatic nitrogens is 3. The Hall–Kier alpha value is -2.68. The van der Waals surface area contributed by atoms with Crippen molar-refractivity contribution in [3.05, 3.63) is 52.9 Å². The molecule has 0 radical (unpaired) electrons. The lowest BCUT2D eigenvalue weighted by Crippen LogP contribution is -2.23. The molecule has 0 aliphatic heterocycles. The number of carbonyl (C=O) groups excluding carboxylic acids is 1. The van der Waals surface area contributed by atoms with Gasteiger partial charge in [0.2, 0.25) is 5.91 Å². The minimum atomic E-state index is -2.65. The molecular formula is C15H12F2N4O2S. The first kappa shape index (κ1) is 16.2. The number of nitrogens with zero attached hydrogens (tertiary/aromatic N) is 2. The van der Waals surface area contributed by atoms with Crippen molar-refractivity contribution in [1.82, 2.24) is 14.5 Å². The summed E-state index contributed by atoms with van der Waals surface area (Å²) < 4.78 is 26.9. The van der Waals surface area contributed by atoms with Gasteiger partial charge in [0.25, 0.3) is 11.3 Å². The number of para-hydroxylation sites is 2. The molecule has 3 rings (SSSR count). The van der Waals surface area contributed by atoms with E-state index >= 15 is 0 Å². The van der Waals surface area contributed by atoms with E-state index in [9.17, 15) is 18.4 Å². The van der Waals surface area contributed by atoms with Gasteiger partial charge >= 0.3 is 0 Å². The topological polar surface area (TPSA) is 79.8 Å². The van der Waals surface area contributed by atoms with Crippen molar-refractivity contribution in [2.75, 3.05) is 5.32 Å². The Balaban J connectivity index is 1.89. The van der Waals surface area contributed by atoms with Crippen LogP contribution in [0.5, 0.6) is 0 Å². The second kappa shape index (κ2) is 6.83. The molecule has 0 spiro atoms. The summed E-state index contributed by atoms with van der Waals surface area (Å²) in [6.45, 7) is -0.232. The van der Waals surface area contributed by atoms with Crippen LogP contribution in [0.15, 0.2) is 52.5 Å². The van der Waals surface area contributed by atoms with Gasteiger partial charge in [-0.15, -0.1) is 0 Å². The van der Waals surface area contributed by atoms with Gasteiger partial charge in [-0.25, -0.2) is 4.98 Å². The summed E-state index contributed by atoms with van der Waals surface area (Å²) in [6, 6.07) is 9.87. The van der Waals surface area contributed by atoms with Crippen molar-refractivity contribution < 1.29 is 13.6 Å². The van der Waals surface area contributed by atoms with E-state index < -0.39 is 17.2 Å². The third kappa shape index (κ3) is 3.46. The lowest BCUT2D eigenvalue weighted by molar-refractivity contribution is -0.116. The molecule has 0 bridgehead atoms. The highest BCUT2D eigenvalue weighted by atomic mass is 32.2. The molecule has 9 heteroatoms. The van der Waals surface area contributed by atoms with Crippen LogP contribution < -0.4 is 10.9 Å². The van der Waals surface area contributed by atoms with Crippen molar-refractivity contribution in [3.8, 4) is 0 Å². The number of hydrogen-bond acceptors (Lipinski definition) is 4. The van der Waals surface area contributed by atoms with Crippen LogP contribution in [0.25, 0.3) is 11.0 Å². The van der Waals surface area contributed by atoms with Crippen molar-refractivity contribution in [2.24, 2.45) is 0 Å². The van der Waals surface area contributed by atoms with Crippen LogP contribution in [-0.2, 0) is 11.3 Å². The fourth-order valence-corrected chi connectivity index (χ4v) is 2.83. The van der Waals surface area contributed by atoms with E-state index in [0.29, 0.717) is 11.0 Å². The van der Waals surface area contributed by atoms with E-state index in [1.54, 1.807) is 30.3 Å². The molecule has 1 amide bonds. The zero-order valence-electron chi connectivity index (χ0n) is 12.2. The zero-order valence-corrected chi connectivity index (χ0v) is 13.0. The smallest absolute Gasteiger partial charge is 0.291 e. The molecule has 0 saturated carbocycles. The summed E-state index contributed by atoms with van der Waals surface area (Å²) in [5, 5.41) is 2.51. The first-order valence-electron chi connectivity index (χ1n) is 6.92. The summed E-state index contributed by atoms with van der Waals surface area (Å²) in [5.74, 6) is -3.16. The van der Waals surface area contributed by atoms with Gasteiger partial charge in [-0.3, -0.25) is 9.59 Å². The number of aromatic amines is 1.